The van der Waals surface area contributed by atoms with Crippen molar-refractivity contribution in [3.8, 4) is 0 Å². The summed E-state index contributed by atoms with van der Waals surface area (Å²) in [6.07, 6.45) is 1.49. The van der Waals surface area contributed by atoms with Gasteiger partial charge in [0.05, 0.1) is 5.92 Å². The van der Waals surface area contributed by atoms with Gasteiger partial charge in [-0.3, -0.25) is 15.0 Å². The number of benzene rings is 1. The van der Waals surface area contributed by atoms with E-state index in [1.54, 1.807) is 23.1 Å². The van der Waals surface area contributed by atoms with E-state index in [1.807, 2.05) is 0 Å². The molecule has 1 aromatic rings. The standard InChI is InChI=1S/C13H15Cl2N3O2/c14-10-4-9(5-11(15)6-10)13(20)18-3-1-2-8(7-18)12(19)17-16/h4-6,8H,1-3,7,16H2,(H,17,19). The SMILES string of the molecule is NNC(=O)C1CCCN(C(=O)c2cc(Cl)cc(Cl)c2)C1. The van der Waals surface area contributed by atoms with Crippen LogP contribution in [0.25, 0.3) is 0 Å². The molecule has 0 bridgehead atoms. The van der Waals surface area contributed by atoms with Crippen LogP contribution in [0.5, 0.6) is 0 Å². The number of nitrogens with one attached hydrogen (secondary N) is 1. The van der Waals surface area contributed by atoms with Gasteiger partial charge in [-0.25, -0.2) is 5.84 Å². The molecule has 20 heavy (non-hydrogen) atoms. The van der Waals surface area contributed by atoms with Crippen molar-refractivity contribution in [3.05, 3.63) is 33.8 Å². The first kappa shape index (κ1) is 15.1. The van der Waals surface area contributed by atoms with Gasteiger partial charge >= 0.3 is 0 Å². The maximum Gasteiger partial charge on any atom is 0.253 e. The maximum absolute atomic E-state index is 12.4. The topological polar surface area (TPSA) is 75.4 Å². The van der Waals surface area contributed by atoms with Crippen LogP contribution in [-0.2, 0) is 4.79 Å². The number of hydrogen-bond acceptors (Lipinski definition) is 3. The highest BCUT2D eigenvalue weighted by atomic mass is 35.5. The van der Waals surface area contributed by atoms with E-state index in [1.165, 1.54) is 0 Å². The Morgan fingerprint density at radius 3 is 2.50 bits per heavy atom. The fourth-order valence-electron chi connectivity index (χ4n) is 2.35. The lowest BCUT2D eigenvalue weighted by molar-refractivity contribution is -0.126. The Morgan fingerprint density at radius 1 is 1.25 bits per heavy atom. The summed E-state index contributed by atoms with van der Waals surface area (Å²) < 4.78 is 0. The molecule has 0 spiro atoms. The summed E-state index contributed by atoms with van der Waals surface area (Å²) in [5.74, 6) is 4.45. The molecule has 2 rings (SSSR count). The number of halogens is 2. The van der Waals surface area contributed by atoms with E-state index in [9.17, 15) is 9.59 Å². The molecule has 1 aliphatic rings. The maximum atomic E-state index is 12.4. The van der Waals surface area contributed by atoms with Crippen LogP contribution in [0, 0.1) is 5.92 Å². The van der Waals surface area contributed by atoms with Gasteiger partial charge in [0.1, 0.15) is 0 Å². The van der Waals surface area contributed by atoms with Crippen molar-refractivity contribution in [1.29, 1.82) is 0 Å². The van der Waals surface area contributed by atoms with E-state index in [0.29, 0.717) is 28.7 Å². The molecule has 108 valence electrons. The molecular weight excluding hydrogens is 301 g/mol. The van der Waals surface area contributed by atoms with Crippen molar-refractivity contribution in [2.75, 3.05) is 13.1 Å². The highest BCUT2D eigenvalue weighted by Gasteiger charge is 2.28. The van der Waals surface area contributed by atoms with Gasteiger partial charge in [0, 0.05) is 28.7 Å². The monoisotopic (exact) mass is 315 g/mol. The fraction of sp³-hybridized carbons (Fsp3) is 0.385. The van der Waals surface area contributed by atoms with Gasteiger partial charge in [-0.05, 0) is 31.0 Å². The zero-order valence-corrected chi connectivity index (χ0v) is 12.2. The molecule has 0 aromatic heterocycles. The molecule has 3 N–H and O–H groups in total. The summed E-state index contributed by atoms with van der Waals surface area (Å²) >= 11 is 11.8. The summed E-state index contributed by atoms with van der Waals surface area (Å²) in [7, 11) is 0. The quantitative estimate of drug-likeness (QED) is 0.496. The van der Waals surface area contributed by atoms with Gasteiger partial charge < -0.3 is 4.90 Å². The Balaban J connectivity index is 2.14. The molecule has 1 heterocycles. The minimum absolute atomic E-state index is 0.177. The van der Waals surface area contributed by atoms with Crippen molar-refractivity contribution in [3.63, 3.8) is 0 Å². The first-order chi connectivity index (χ1) is 9.51. The van der Waals surface area contributed by atoms with Gasteiger partial charge in [-0.2, -0.15) is 0 Å². The Hall–Kier alpha value is -1.30. The zero-order chi connectivity index (χ0) is 14.7. The van der Waals surface area contributed by atoms with E-state index in [-0.39, 0.29) is 17.7 Å². The molecule has 1 atom stereocenters. The highest BCUT2D eigenvalue weighted by molar-refractivity contribution is 6.35. The number of carbonyl (C=O) groups excluding carboxylic acids is 2. The molecule has 1 fully saturated rings. The number of carbonyl (C=O) groups is 2. The van der Waals surface area contributed by atoms with Crippen LogP contribution in [0.1, 0.15) is 23.2 Å². The lowest BCUT2D eigenvalue weighted by Crippen LogP contribution is -2.47. The Labute approximate surface area is 127 Å². The van der Waals surface area contributed by atoms with Crippen molar-refractivity contribution in [2.45, 2.75) is 12.8 Å². The second-order valence-electron chi connectivity index (χ2n) is 4.76. The van der Waals surface area contributed by atoms with Gasteiger partial charge in [-0.15, -0.1) is 0 Å². The molecule has 1 saturated heterocycles. The number of piperidine rings is 1. The van der Waals surface area contributed by atoms with Crippen LogP contribution >= 0.6 is 23.2 Å². The molecule has 1 aromatic carbocycles. The molecule has 7 heteroatoms. The molecule has 1 aliphatic heterocycles. The Bertz CT molecular complexity index is 516. The van der Waals surface area contributed by atoms with Crippen molar-refractivity contribution < 1.29 is 9.59 Å². The van der Waals surface area contributed by atoms with Crippen molar-refractivity contribution in [2.24, 2.45) is 11.8 Å². The summed E-state index contributed by atoms with van der Waals surface area (Å²) in [5, 5.41) is 0.822. The normalized spacial score (nSPS) is 18.8. The minimum Gasteiger partial charge on any atom is -0.338 e. The van der Waals surface area contributed by atoms with Gasteiger partial charge in [0.2, 0.25) is 5.91 Å². The van der Waals surface area contributed by atoms with Gasteiger partial charge in [0.25, 0.3) is 5.91 Å². The van der Waals surface area contributed by atoms with Crippen LogP contribution < -0.4 is 11.3 Å². The second kappa shape index (κ2) is 6.43. The van der Waals surface area contributed by atoms with Crippen LogP contribution in [-0.4, -0.2) is 29.8 Å². The number of hydrogen-bond donors (Lipinski definition) is 2. The summed E-state index contributed by atoms with van der Waals surface area (Å²) in [6.45, 7) is 0.962. The van der Waals surface area contributed by atoms with Gasteiger partial charge in [0.15, 0.2) is 0 Å². The smallest absolute Gasteiger partial charge is 0.253 e. The lowest BCUT2D eigenvalue weighted by Gasteiger charge is -2.31. The van der Waals surface area contributed by atoms with Crippen LogP contribution in [0.4, 0.5) is 0 Å². The third kappa shape index (κ3) is 3.42. The minimum atomic E-state index is -0.271. The van der Waals surface area contributed by atoms with Crippen molar-refractivity contribution >= 4 is 35.0 Å². The number of nitrogens with zero attached hydrogens (tertiary/aromatic N) is 1. The largest absolute Gasteiger partial charge is 0.338 e. The van der Waals surface area contributed by atoms with E-state index in [4.69, 9.17) is 29.0 Å². The highest BCUT2D eigenvalue weighted by Crippen LogP contribution is 2.23. The first-order valence-corrected chi connectivity index (χ1v) is 7.02. The van der Waals surface area contributed by atoms with Crippen LogP contribution in [0.15, 0.2) is 18.2 Å². The third-order valence-corrected chi connectivity index (χ3v) is 3.77. The number of nitrogens with two attached hydrogens (primary N) is 1. The predicted molar refractivity (Wildman–Crippen MR) is 77.4 cm³/mol. The average Bonchev–Trinajstić information content (AvgIpc) is 2.44. The van der Waals surface area contributed by atoms with E-state index >= 15 is 0 Å². The van der Waals surface area contributed by atoms with E-state index in [0.717, 1.165) is 12.8 Å². The number of rotatable bonds is 2. The summed E-state index contributed by atoms with van der Waals surface area (Å²) in [5.41, 5.74) is 2.56. The summed E-state index contributed by atoms with van der Waals surface area (Å²) in [6, 6.07) is 4.71. The van der Waals surface area contributed by atoms with E-state index in [2.05, 4.69) is 5.43 Å². The number of likely N-dealkylation sites (tertiary alicyclic amines) is 1. The second-order valence-corrected chi connectivity index (χ2v) is 5.63. The predicted octanol–water partition coefficient (Wildman–Crippen LogP) is 1.84. The molecule has 0 radical (unpaired) electrons. The van der Waals surface area contributed by atoms with Crippen LogP contribution in [0.3, 0.4) is 0 Å². The average molecular weight is 316 g/mol. The van der Waals surface area contributed by atoms with Crippen molar-refractivity contribution in [1.82, 2.24) is 10.3 Å². The lowest BCUT2D eigenvalue weighted by atomic mass is 9.97. The Morgan fingerprint density at radius 2 is 1.90 bits per heavy atom. The number of hydrazine groups is 1. The molecule has 5 nitrogen and oxygen atoms in total. The molecule has 1 unspecified atom stereocenters. The van der Waals surface area contributed by atoms with E-state index < -0.39 is 0 Å². The fourth-order valence-corrected chi connectivity index (χ4v) is 2.88. The Kier molecular flexibility index (Phi) is 4.86. The number of amides is 2. The van der Waals surface area contributed by atoms with Gasteiger partial charge in [-0.1, -0.05) is 23.2 Å². The molecular formula is C13H15Cl2N3O2. The first-order valence-electron chi connectivity index (χ1n) is 6.27. The zero-order valence-electron chi connectivity index (χ0n) is 10.7. The molecule has 2 amide bonds. The molecule has 0 aliphatic carbocycles. The molecule has 0 saturated carbocycles. The third-order valence-electron chi connectivity index (χ3n) is 3.33. The van der Waals surface area contributed by atoms with Crippen LogP contribution in [0.2, 0.25) is 10.0 Å². The summed E-state index contributed by atoms with van der Waals surface area (Å²) in [4.78, 5) is 25.6.